The number of nitrogens with zero attached hydrogens (tertiary/aromatic N) is 5. The van der Waals surface area contributed by atoms with Gasteiger partial charge in [-0.15, -0.1) is 11.3 Å². The van der Waals surface area contributed by atoms with Crippen LogP contribution in [-0.4, -0.2) is 59.2 Å². The lowest BCUT2D eigenvalue weighted by Gasteiger charge is -2.32. The Balaban J connectivity index is 1.47. The number of aryl methyl sites for hydroxylation is 1. The Kier molecular flexibility index (Phi) is 6.87. The maximum atomic E-state index is 16.8. The van der Waals surface area contributed by atoms with Gasteiger partial charge in [0.1, 0.15) is 40.6 Å². The fourth-order valence-corrected chi connectivity index (χ4v) is 8.50. The van der Waals surface area contributed by atoms with Crippen LogP contribution in [0.15, 0.2) is 12.1 Å². The van der Waals surface area contributed by atoms with Crippen molar-refractivity contribution in [3.8, 4) is 23.2 Å². The van der Waals surface area contributed by atoms with Gasteiger partial charge in [-0.05, 0) is 70.2 Å². The van der Waals surface area contributed by atoms with E-state index < -0.39 is 17.5 Å². The summed E-state index contributed by atoms with van der Waals surface area (Å²) in [6.07, 6.45) is 5.01. The van der Waals surface area contributed by atoms with Crippen LogP contribution in [0.1, 0.15) is 50.2 Å². The second-order valence-corrected chi connectivity index (χ2v) is 12.8. The van der Waals surface area contributed by atoms with Crippen molar-refractivity contribution >= 4 is 43.1 Å². The molecule has 2 aromatic carbocycles. The zero-order valence-corrected chi connectivity index (χ0v) is 24.7. The van der Waals surface area contributed by atoms with Crippen molar-refractivity contribution in [3.05, 3.63) is 40.7 Å². The smallest absolute Gasteiger partial charge is 0.319 e. The van der Waals surface area contributed by atoms with E-state index in [1.165, 1.54) is 6.07 Å². The molecule has 8 nitrogen and oxygen atoms in total. The molecule has 4 aromatic rings. The number of thiophene rings is 1. The highest BCUT2D eigenvalue weighted by Gasteiger charge is 2.45. The molecular weight excluding hydrogens is 575 g/mol. The Hall–Kier alpha value is -3.66. The quantitative estimate of drug-likeness (QED) is 0.296. The van der Waals surface area contributed by atoms with Crippen LogP contribution in [0.25, 0.3) is 32.1 Å². The molecule has 12 heteroatoms. The van der Waals surface area contributed by atoms with Gasteiger partial charge in [0, 0.05) is 30.1 Å². The van der Waals surface area contributed by atoms with Gasteiger partial charge in [0.25, 0.3) is 0 Å². The fraction of sp³-hybridized carbons (Fsp3) is 0.452. The number of benzene rings is 2. The second kappa shape index (κ2) is 10.5. The van der Waals surface area contributed by atoms with Crippen LogP contribution < -0.4 is 21.1 Å². The van der Waals surface area contributed by atoms with E-state index in [0.29, 0.717) is 31.9 Å². The predicted octanol–water partition coefficient (Wildman–Crippen LogP) is 5.49. The molecule has 2 saturated heterocycles. The van der Waals surface area contributed by atoms with Crippen LogP contribution in [0.4, 0.5) is 24.0 Å². The van der Waals surface area contributed by atoms with Gasteiger partial charge >= 0.3 is 6.01 Å². The molecule has 1 unspecified atom stereocenters. The first kappa shape index (κ1) is 28.1. The van der Waals surface area contributed by atoms with Crippen molar-refractivity contribution in [1.29, 1.82) is 5.26 Å². The minimum absolute atomic E-state index is 0.0102. The van der Waals surface area contributed by atoms with E-state index in [1.807, 2.05) is 17.9 Å². The Morgan fingerprint density at radius 1 is 1.14 bits per heavy atom. The van der Waals surface area contributed by atoms with Crippen molar-refractivity contribution in [3.63, 3.8) is 0 Å². The molecule has 224 valence electrons. The van der Waals surface area contributed by atoms with E-state index in [9.17, 15) is 9.65 Å². The summed E-state index contributed by atoms with van der Waals surface area (Å²) in [4.78, 5) is 13.8. The van der Waals surface area contributed by atoms with Crippen LogP contribution in [0.5, 0.6) is 6.01 Å². The number of anilines is 2. The third kappa shape index (κ3) is 4.16. The van der Waals surface area contributed by atoms with Crippen molar-refractivity contribution < 1.29 is 17.9 Å². The van der Waals surface area contributed by atoms with E-state index in [0.717, 1.165) is 56.2 Å². The number of hydrogen-bond acceptors (Lipinski definition) is 9. The van der Waals surface area contributed by atoms with Crippen molar-refractivity contribution in [2.45, 2.75) is 57.0 Å². The van der Waals surface area contributed by atoms with Gasteiger partial charge in [-0.2, -0.15) is 15.2 Å². The molecule has 0 aliphatic carbocycles. The number of halogens is 3. The van der Waals surface area contributed by atoms with Crippen LogP contribution in [-0.2, 0) is 6.42 Å². The van der Waals surface area contributed by atoms with Gasteiger partial charge in [0.05, 0.1) is 26.8 Å². The molecule has 2 aromatic heterocycles. The standard InChI is InChI=1S/C31H32F3N7OS/c1-2-41-16(13-35)5-6-18-23-26(38-30(39-29(23)41)42-15-31-9-3-11-40(31)12-4-10-31)25(34)22(24(18)33)17-7-8-20(32)27-21(17)19(14-36)28(37)43-27/h7-8,16H,2-6,9-13,15,35,37H2,1H3. The molecule has 0 spiro atoms. The molecular formula is C31H32F3N7OS. The van der Waals surface area contributed by atoms with Crippen molar-refractivity contribution in [2.75, 3.05) is 43.4 Å². The summed E-state index contributed by atoms with van der Waals surface area (Å²) < 4.78 is 54.7. The number of rotatable bonds is 6. The van der Waals surface area contributed by atoms with Crippen LogP contribution in [0.2, 0.25) is 0 Å². The molecule has 3 aliphatic heterocycles. The number of nitrogens with two attached hydrogens (primary N) is 2. The van der Waals surface area contributed by atoms with Crippen LogP contribution >= 0.6 is 11.3 Å². The molecule has 0 amide bonds. The maximum absolute atomic E-state index is 16.8. The minimum atomic E-state index is -0.921. The van der Waals surface area contributed by atoms with Crippen LogP contribution in [0, 0.1) is 28.8 Å². The first-order valence-electron chi connectivity index (χ1n) is 14.8. The summed E-state index contributed by atoms with van der Waals surface area (Å²) >= 11 is 0.881. The topological polar surface area (TPSA) is 117 Å². The molecule has 5 heterocycles. The van der Waals surface area contributed by atoms with E-state index >= 15 is 8.78 Å². The first-order valence-corrected chi connectivity index (χ1v) is 15.6. The van der Waals surface area contributed by atoms with Gasteiger partial charge in [-0.3, -0.25) is 4.90 Å². The molecule has 0 bridgehead atoms. The third-order valence-electron chi connectivity index (χ3n) is 9.62. The van der Waals surface area contributed by atoms with Crippen molar-refractivity contribution in [2.24, 2.45) is 5.73 Å². The van der Waals surface area contributed by atoms with E-state index in [1.54, 1.807) is 0 Å². The fourth-order valence-electron chi connectivity index (χ4n) is 7.55. The van der Waals surface area contributed by atoms with Gasteiger partial charge < -0.3 is 21.1 Å². The number of fused-ring (bicyclic) bond motifs is 2. The molecule has 1 atom stereocenters. The summed E-state index contributed by atoms with van der Waals surface area (Å²) in [7, 11) is 0. The number of ether oxygens (including phenoxy) is 1. The van der Waals surface area contributed by atoms with Gasteiger partial charge in [-0.25, -0.2) is 13.2 Å². The molecule has 0 saturated carbocycles. The van der Waals surface area contributed by atoms with Gasteiger partial charge in [0.2, 0.25) is 0 Å². The van der Waals surface area contributed by atoms with E-state index in [-0.39, 0.29) is 72.3 Å². The Morgan fingerprint density at radius 3 is 2.60 bits per heavy atom. The van der Waals surface area contributed by atoms with Gasteiger partial charge in [-0.1, -0.05) is 6.07 Å². The molecule has 2 fully saturated rings. The molecule has 7 rings (SSSR count). The summed E-state index contributed by atoms with van der Waals surface area (Å²) in [5.74, 6) is -1.93. The molecule has 4 N–H and O–H groups in total. The molecule has 43 heavy (non-hydrogen) atoms. The third-order valence-corrected chi connectivity index (χ3v) is 10.6. The summed E-state index contributed by atoms with van der Waals surface area (Å²) in [6.45, 7) is 5.21. The van der Waals surface area contributed by atoms with E-state index in [4.69, 9.17) is 21.2 Å². The Morgan fingerprint density at radius 2 is 1.91 bits per heavy atom. The lowest BCUT2D eigenvalue weighted by Crippen LogP contribution is -2.43. The number of nitriles is 1. The largest absolute Gasteiger partial charge is 0.461 e. The van der Waals surface area contributed by atoms with E-state index in [2.05, 4.69) is 9.88 Å². The average Bonchev–Trinajstić information content (AvgIpc) is 3.65. The maximum Gasteiger partial charge on any atom is 0.319 e. The van der Waals surface area contributed by atoms with Crippen LogP contribution in [0.3, 0.4) is 0 Å². The normalized spacial score (nSPS) is 19.6. The van der Waals surface area contributed by atoms with Gasteiger partial charge in [0.15, 0.2) is 5.82 Å². The highest BCUT2D eigenvalue weighted by molar-refractivity contribution is 7.23. The summed E-state index contributed by atoms with van der Waals surface area (Å²) in [5, 5.41) is 10.3. The lowest BCUT2D eigenvalue weighted by molar-refractivity contribution is 0.108. The zero-order valence-electron chi connectivity index (χ0n) is 23.9. The number of aromatic nitrogens is 2. The number of nitrogen functional groups attached to an aromatic ring is 1. The predicted molar refractivity (Wildman–Crippen MR) is 162 cm³/mol. The Labute approximate surface area is 251 Å². The first-order chi connectivity index (χ1) is 20.8. The average molecular weight is 608 g/mol. The number of hydrogen-bond donors (Lipinski definition) is 2. The Bertz CT molecular complexity index is 1810. The highest BCUT2D eigenvalue weighted by atomic mass is 32.1. The molecule has 3 aliphatic rings. The lowest BCUT2D eigenvalue weighted by atomic mass is 9.92. The second-order valence-electron chi connectivity index (χ2n) is 11.7. The highest BCUT2D eigenvalue weighted by Crippen LogP contribution is 2.47. The zero-order chi connectivity index (χ0) is 30.0. The number of likely N-dealkylation sites (N-methyl/N-ethyl adjacent to an activating group) is 1. The van der Waals surface area contributed by atoms with Crippen molar-refractivity contribution in [1.82, 2.24) is 14.9 Å². The summed E-state index contributed by atoms with van der Waals surface area (Å²) in [5.41, 5.74) is 12.0. The minimum Gasteiger partial charge on any atom is -0.461 e. The molecule has 0 radical (unpaired) electrons. The SMILES string of the molecule is CCN1c2nc(OCC34CCCN3CCC4)nc3c(F)c(-c4ccc(F)c5sc(N)c(C#N)c45)c(F)c(c23)CCC1CN. The summed E-state index contributed by atoms with van der Waals surface area (Å²) in [6, 6.07) is 4.30. The monoisotopic (exact) mass is 607 g/mol.